The normalized spacial score (nSPS) is 17.1. The number of ether oxygens (including phenoxy) is 1. The third kappa shape index (κ3) is 4.45. The molecule has 128 valence electrons. The Morgan fingerprint density at radius 3 is 3.04 bits per heavy atom. The molecule has 2 heterocycles. The van der Waals surface area contributed by atoms with Crippen molar-refractivity contribution in [2.24, 2.45) is 0 Å². The van der Waals surface area contributed by atoms with Crippen molar-refractivity contribution >= 4 is 22.6 Å². The SMILES string of the molecule is Cc1ccc2c(NC(=O)NCCCCC3CCCO3)cccc2n1. The maximum absolute atomic E-state index is 12.1. The van der Waals surface area contributed by atoms with Gasteiger partial charge in [0.05, 0.1) is 17.3 Å². The summed E-state index contributed by atoms with van der Waals surface area (Å²) in [6.45, 7) is 3.55. The Bertz CT molecular complexity index is 696. The Balaban J connectivity index is 1.45. The summed E-state index contributed by atoms with van der Waals surface area (Å²) in [7, 11) is 0. The summed E-state index contributed by atoms with van der Waals surface area (Å²) in [5.74, 6) is 0. The molecule has 1 unspecified atom stereocenters. The number of hydrogen-bond acceptors (Lipinski definition) is 3. The molecule has 1 atom stereocenters. The van der Waals surface area contributed by atoms with Crippen molar-refractivity contribution in [1.82, 2.24) is 10.3 Å². The summed E-state index contributed by atoms with van der Waals surface area (Å²) < 4.78 is 5.60. The number of unbranched alkanes of at least 4 members (excludes halogenated alkanes) is 1. The van der Waals surface area contributed by atoms with Crippen LogP contribution in [0.3, 0.4) is 0 Å². The molecule has 0 spiro atoms. The van der Waals surface area contributed by atoms with E-state index < -0.39 is 0 Å². The molecule has 0 bridgehead atoms. The maximum Gasteiger partial charge on any atom is 0.319 e. The van der Waals surface area contributed by atoms with Crippen LogP contribution in [0, 0.1) is 6.92 Å². The summed E-state index contributed by atoms with van der Waals surface area (Å²) in [4.78, 5) is 16.6. The molecule has 1 aromatic heterocycles. The lowest BCUT2D eigenvalue weighted by atomic mass is 10.1. The Morgan fingerprint density at radius 1 is 1.29 bits per heavy atom. The van der Waals surface area contributed by atoms with Crippen molar-refractivity contribution in [3.63, 3.8) is 0 Å². The number of rotatable bonds is 6. The van der Waals surface area contributed by atoms with Gasteiger partial charge in [-0.25, -0.2) is 4.79 Å². The van der Waals surface area contributed by atoms with E-state index in [2.05, 4.69) is 15.6 Å². The summed E-state index contributed by atoms with van der Waals surface area (Å²) in [6, 6.07) is 9.55. The van der Waals surface area contributed by atoms with Crippen LogP contribution in [0.2, 0.25) is 0 Å². The van der Waals surface area contributed by atoms with E-state index in [-0.39, 0.29) is 6.03 Å². The first-order valence-corrected chi connectivity index (χ1v) is 8.75. The molecule has 3 rings (SSSR count). The van der Waals surface area contributed by atoms with Gasteiger partial charge in [-0.1, -0.05) is 6.07 Å². The highest BCUT2D eigenvalue weighted by atomic mass is 16.5. The van der Waals surface area contributed by atoms with Crippen molar-refractivity contribution in [3.05, 3.63) is 36.0 Å². The van der Waals surface area contributed by atoms with Crippen molar-refractivity contribution < 1.29 is 9.53 Å². The molecule has 24 heavy (non-hydrogen) atoms. The van der Waals surface area contributed by atoms with Crippen LogP contribution >= 0.6 is 0 Å². The zero-order valence-corrected chi connectivity index (χ0v) is 14.2. The molecule has 0 aliphatic carbocycles. The van der Waals surface area contributed by atoms with Crippen LogP contribution in [0.5, 0.6) is 0 Å². The lowest BCUT2D eigenvalue weighted by Gasteiger charge is -2.11. The third-order valence-electron chi connectivity index (χ3n) is 4.38. The van der Waals surface area contributed by atoms with E-state index in [1.165, 1.54) is 12.8 Å². The summed E-state index contributed by atoms with van der Waals surface area (Å²) >= 11 is 0. The van der Waals surface area contributed by atoms with Crippen molar-refractivity contribution in [1.29, 1.82) is 0 Å². The van der Waals surface area contributed by atoms with Crippen LogP contribution in [-0.4, -0.2) is 30.3 Å². The van der Waals surface area contributed by atoms with Crippen molar-refractivity contribution in [2.45, 2.75) is 45.1 Å². The molecular formula is C19H25N3O2. The molecule has 1 aliphatic rings. The van der Waals surface area contributed by atoms with Gasteiger partial charge in [-0.3, -0.25) is 4.98 Å². The van der Waals surface area contributed by atoms with Gasteiger partial charge in [0.2, 0.25) is 0 Å². The maximum atomic E-state index is 12.1. The van der Waals surface area contributed by atoms with Gasteiger partial charge in [-0.05, 0) is 63.3 Å². The minimum atomic E-state index is -0.166. The molecule has 0 radical (unpaired) electrons. The van der Waals surface area contributed by atoms with E-state index >= 15 is 0 Å². The fourth-order valence-electron chi connectivity index (χ4n) is 3.10. The zero-order chi connectivity index (χ0) is 16.8. The standard InChI is InChI=1S/C19H25N3O2/c1-14-10-11-16-17(21-14)8-4-9-18(16)22-19(23)20-12-3-2-6-15-7-5-13-24-15/h4,8-11,15H,2-3,5-7,12-13H2,1H3,(H2,20,22,23). The largest absolute Gasteiger partial charge is 0.378 e. The van der Waals surface area contributed by atoms with Crippen LogP contribution in [0.4, 0.5) is 10.5 Å². The third-order valence-corrected chi connectivity index (χ3v) is 4.38. The summed E-state index contributed by atoms with van der Waals surface area (Å²) in [6.07, 6.45) is 5.96. The van der Waals surface area contributed by atoms with Crippen LogP contribution in [0.15, 0.2) is 30.3 Å². The first kappa shape index (κ1) is 16.7. The molecule has 2 amide bonds. The van der Waals surface area contributed by atoms with E-state index in [1.807, 2.05) is 37.3 Å². The van der Waals surface area contributed by atoms with Crippen LogP contribution in [-0.2, 0) is 4.74 Å². The molecular weight excluding hydrogens is 302 g/mol. The zero-order valence-electron chi connectivity index (χ0n) is 14.2. The smallest absolute Gasteiger partial charge is 0.319 e. The number of carbonyl (C=O) groups excluding carboxylic acids is 1. The van der Waals surface area contributed by atoms with E-state index in [0.29, 0.717) is 12.6 Å². The second-order valence-electron chi connectivity index (χ2n) is 6.34. The van der Waals surface area contributed by atoms with Gasteiger partial charge in [-0.15, -0.1) is 0 Å². The van der Waals surface area contributed by atoms with E-state index in [1.54, 1.807) is 0 Å². The number of carbonyl (C=O) groups is 1. The molecule has 1 aliphatic heterocycles. The highest BCUT2D eigenvalue weighted by Crippen LogP contribution is 2.22. The predicted octanol–water partition coefficient (Wildman–Crippen LogP) is 4.01. The number of urea groups is 1. The van der Waals surface area contributed by atoms with Crippen molar-refractivity contribution in [3.8, 4) is 0 Å². The fourth-order valence-corrected chi connectivity index (χ4v) is 3.10. The number of aryl methyl sites for hydroxylation is 1. The minimum absolute atomic E-state index is 0.166. The summed E-state index contributed by atoms with van der Waals surface area (Å²) in [5, 5.41) is 6.80. The number of amides is 2. The molecule has 1 aromatic carbocycles. The number of hydrogen-bond donors (Lipinski definition) is 2. The first-order valence-electron chi connectivity index (χ1n) is 8.75. The number of pyridine rings is 1. The number of nitrogens with zero attached hydrogens (tertiary/aromatic N) is 1. The van der Waals surface area contributed by atoms with Gasteiger partial charge in [0.25, 0.3) is 0 Å². The lowest BCUT2D eigenvalue weighted by molar-refractivity contribution is 0.102. The summed E-state index contributed by atoms with van der Waals surface area (Å²) in [5.41, 5.74) is 2.65. The quantitative estimate of drug-likeness (QED) is 0.788. The van der Waals surface area contributed by atoms with Gasteiger partial charge in [0, 0.05) is 24.2 Å². The van der Waals surface area contributed by atoms with Crippen LogP contribution in [0.25, 0.3) is 10.9 Å². The topological polar surface area (TPSA) is 63.2 Å². The predicted molar refractivity (Wildman–Crippen MR) is 96.3 cm³/mol. The Morgan fingerprint density at radius 2 is 2.21 bits per heavy atom. The molecule has 1 saturated heterocycles. The monoisotopic (exact) mass is 327 g/mol. The number of anilines is 1. The average molecular weight is 327 g/mol. The van der Waals surface area contributed by atoms with E-state index in [0.717, 1.165) is 48.2 Å². The number of fused-ring (bicyclic) bond motifs is 1. The van der Waals surface area contributed by atoms with E-state index in [4.69, 9.17) is 4.74 Å². The first-order chi connectivity index (χ1) is 11.7. The van der Waals surface area contributed by atoms with Gasteiger partial charge < -0.3 is 15.4 Å². The number of nitrogens with one attached hydrogen (secondary N) is 2. The highest BCUT2D eigenvalue weighted by molar-refractivity contribution is 6.00. The Labute approximate surface area is 142 Å². The van der Waals surface area contributed by atoms with Crippen LogP contribution < -0.4 is 10.6 Å². The van der Waals surface area contributed by atoms with Crippen LogP contribution in [0.1, 0.15) is 37.8 Å². The van der Waals surface area contributed by atoms with E-state index in [9.17, 15) is 4.79 Å². The highest BCUT2D eigenvalue weighted by Gasteiger charge is 2.14. The van der Waals surface area contributed by atoms with Crippen molar-refractivity contribution in [2.75, 3.05) is 18.5 Å². The second-order valence-corrected chi connectivity index (χ2v) is 6.34. The van der Waals surface area contributed by atoms with Gasteiger partial charge >= 0.3 is 6.03 Å². The van der Waals surface area contributed by atoms with Gasteiger partial charge in [-0.2, -0.15) is 0 Å². The molecule has 0 saturated carbocycles. The number of benzene rings is 1. The fraction of sp³-hybridized carbons (Fsp3) is 0.474. The Hall–Kier alpha value is -2.14. The number of aromatic nitrogens is 1. The van der Waals surface area contributed by atoms with Gasteiger partial charge in [0.1, 0.15) is 0 Å². The molecule has 5 nitrogen and oxygen atoms in total. The Kier molecular flexibility index (Phi) is 5.64. The van der Waals surface area contributed by atoms with Gasteiger partial charge in [0.15, 0.2) is 0 Å². The molecule has 2 N–H and O–H groups in total. The lowest BCUT2D eigenvalue weighted by Crippen LogP contribution is -2.29. The minimum Gasteiger partial charge on any atom is -0.378 e. The average Bonchev–Trinajstić information content (AvgIpc) is 3.08. The molecule has 5 heteroatoms. The molecule has 1 fully saturated rings. The second kappa shape index (κ2) is 8.11. The molecule has 2 aromatic rings.